The smallest absolute Gasteiger partial charge is 0.222 e. The number of hydrogen-bond acceptors (Lipinski definition) is 4. The first-order valence-corrected chi connectivity index (χ1v) is 7.92. The Morgan fingerprint density at radius 3 is 3.00 bits per heavy atom. The van der Waals surface area contributed by atoms with Gasteiger partial charge in [-0.3, -0.25) is 4.79 Å². The Morgan fingerprint density at radius 2 is 2.37 bits per heavy atom. The van der Waals surface area contributed by atoms with Crippen molar-refractivity contribution < 1.29 is 4.79 Å². The summed E-state index contributed by atoms with van der Waals surface area (Å²) in [5, 5.41) is 0. The molecule has 2 atom stereocenters. The van der Waals surface area contributed by atoms with Crippen LogP contribution < -0.4 is 5.73 Å². The lowest BCUT2D eigenvalue weighted by molar-refractivity contribution is -0.130. The number of hydrogen-bond donors (Lipinski definition) is 1. The number of carbonyl (C=O) groups excluding carboxylic acids is 1. The van der Waals surface area contributed by atoms with E-state index in [0.717, 1.165) is 38.0 Å². The van der Waals surface area contributed by atoms with Crippen LogP contribution in [-0.2, 0) is 11.2 Å². The molecular weight excluding hydrogens is 258 g/mol. The van der Waals surface area contributed by atoms with Crippen molar-refractivity contribution in [2.24, 2.45) is 11.7 Å². The zero-order valence-electron chi connectivity index (χ0n) is 11.8. The van der Waals surface area contributed by atoms with Crippen LogP contribution in [0.4, 0.5) is 0 Å². The number of nitrogens with zero attached hydrogens (tertiary/aromatic N) is 2. The van der Waals surface area contributed by atoms with Crippen molar-refractivity contribution in [3.05, 3.63) is 16.1 Å². The number of thiazole rings is 1. The van der Waals surface area contributed by atoms with Gasteiger partial charge in [-0.05, 0) is 25.7 Å². The van der Waals surface area contributed by atoms with E-state index in [2.05, 4.69) is 11.9 Å². The van der Waals surface area contributed by atoms with E-state index in [4.69, 9.17) is 5.73 Å². The topological polar surface area (TPSA) is 59.2 Å². The fraction of sp³-hybridized carbons (Fsp3) is 0.714. The average molecular weight is 281 g/mol. The first-order chi connectivity index (χ1) is 9.11. The van der Waals surface area contributed by atoms with Crippen LogP contribution in [0, 0.1) is 12.8 Å². The van der Waals surface area contributed by atoms with Crippen molar-refractivity contribution in [2.75, 3.05) is 13.1 Å². The molecule has 0 saturated carbocycles. The lowest BCUT2D eigenvalue weighted by Crippen LogP contribution is -2.32. The normalized spacial score (nSPS) is 23.0. The molecule has 1 aliphatic heterocycles. The Balaban J connectivity index is 1.83. The number of rotatable bonds is 5. The molecule has 2 rings (SSSR count). The van der Waals surface area contributed by atoms with Gasteiger partial charge in [0.05, 0.1) is 11.2 Å². The molecule has 5 heteroatoms. The molecule has 1 aliphatic rings. The van der Waals surface area contributed by atoms with E-state index in [0.29, 0.717) is 12.3 Å². The molecule has 2 heterocycles. The first-order valence-electron chi connectivity index (χ1n) is 7.04. The van der Waals surface area contributed by atoms with Gasteiger partial charge in [-0.1, -0.05) is 13.3 Å². The second kappa shape index (κ2) is 6.48. The van der Waals surface area contributed by atoms with Gasteiger partial charge in [0.25, 0.3) is 0 Å². The summed E-state index contributed by atoms with van der Waals surface area (Å²) in [7, 11) is 0. The van der Waals surface area contributed by atoms with Crippen molar-refractivity contribution in [1.82, 2.24) is 9.88 Å². The van der Waals surface area contributed by atoms with E-state index in [1.54, 1.807) is 11.3 Å². The predicted octanol–water partition coefficient (Wildman–Crippen LogP) is 1.97. The van der Waals surface area contributed by atoms with Crippen LogP contribution in [0.25, 0.3) is 0 Å². The summed E-state index contributed by atoms with van der Waals surface area (Å²) in [5.41, 5.74) is 9.01. The molecular formula is C14H23N3OS. The highest BCUT2D eigenvalue weighted by Gasteiger charge is 2.31. The Kier molecular flexibility index (Phi) is 4.93. The zero-order chi connectivity index (χ0) is 13.8. The predicted molar refractivity (Wildman–Crippen MR) is 78.1 cm³/mol. The van der Waals surface area contributed by atoms with Gasteiger partial charge in [-0.25, -0.2) is 4.98 Å². The lowest BCUT2D eigenvalue weighted by Gasteiger charge is -2.16. The molecule has 0 aromatic carbocycles. The highest BCUT2D eigenvalue weighted by molar-refractivity contribution is 7.09. The number of likely N-dealkylation sites (tertiary alicyclic amines) is 1. The van der Waals surface area contributed by atoms with Crippen LogP contribution in [0.2, 0.25) is 0 Å². The molecule has 1 aromatic heterocycles. The molecule has 1 aromatic rings. The van der Waals surface area contributed by atoms with Crippen LogP contribution in [-0.4, -0.2) is 34.9 Å². The summed E-state index contributed by atoms with van der Waals surface area (Å²) in [5.74, 6) is 0.723. The number of aromatic nitrogens is 1. The molecule has 1 amide bonds. The third-order valence-corrected chi connectivity index (χ3v) is 4.91. The monoisotopic (exact) mass is 281 g/mol. The summed E-state index contributed by atoms with van der Waals surface area (Å²) in [6.07, 6.45) is 3.65. The van der Waals surface area contributed by atoms with Crippen LogP contribution in [0.15, 0.2) is 5.51 Å². The summed E-state index contributed by atoms with van der Waals surface area (Å²) in [6, 6.07) is 0.161. The Morgan fingerprint density at radius 1 is 1.58 bits per heavy atom. The number of aryl methyl sites for hydroxylation is 2. The highest BCUT2D eigenvalue weighted by Crippen LogP contribution is 2.22. The number of carbonyl (C=O) groups is 1. The summed E-state index contributed by atoms with van der Waals surface area (Å²) in [4.78, 5) is 19.6. The minimum atomic E-state index is 0.161. The van der Waals surface area contributed by atoms with Crippen molar-refractivity contribution in [3.63, 3.8) is 0 Å². The van der Waals surface area contributed by atoms with E-state index >= 15 is 0 Å². The van der Waals surface area contributed by atoms with Crippen LogP contribution in [0.1, 0.15) is 36.8 Å². The quantitative estimate of drug-likeness (QED) is 0.897. The van der Waals surface area contributed by atoms with Gasteiger partial charge in [0, 0.05) is 30.4 Å². The lowest BCUT2D eigenvalue weighted by atomic mass is 9.99. The van der Waals surface area contributed by atoms with Crippen LogP contribution >= 0.6 is 11.3 Å². The van der Waals surface area contributed by atoms with Gasteiger partial charge in [0.15, 0.2) is 0 Å². The third kappa shape index (κ3) is 3.54. The fourth-order valence-electron chi connectivity index (χ4n) is 2.72. The van der Waals surface area contributed by atoms with E-state index in [1.807, 2.05) is 17.3 Å². The molecule has 2 N–H and O–H groups in total. The van der Waals surface area contributed by atoms with E-state index in [9.17, 15) is 4.79 Å². The molecule has 1 saturated heterocycles. The standard InChI is InChI=1S/C14H23N3OS/c1-3-4-11-7-17(8-12(11)15)14(18)6-5-13-10(2)16-9-19-13/h9,11-12H,3-8,15H2,1-2H3/t11-,12-/m1/s1. The first kappa shape index (κ1) is 14.5. The maximum absolute atomic E-state index is 12.2. The molecule has 0 aliphatic carbocycles. The minimum Gasteiger partial charge on any atom is -0.341 e. The summed E-state index contributed by atoms with van der Waals surface area (Å²) < 4.78 is 0. The maximum atomic E-state index is 12.2. The maximum Gasteiger partial charge on any atom is 0.222 e. The third-order valence-electron chi connectivity index (χ3n) is 3.91. The number of nitrogens with two attached hydrogens (primary N) is 1. The van der Waals surface area contributed by atoms with Crippen LogP contribution in [0.5, 0.6) is 0 Å². The van der Waals surface area contributed by atoms with E-state index < -0.39 is 0 Å². The van der Waals surface area contributed by atoms with Gasteiger partial charge in [0.2, 0.25) is 5.91 Å². The molecule has 0 radical (unpaired) electrons. The molecule has 19 heavy (non-hydrogen) atoms. The molecule has 0 bridgehead atoms. The van der Waals surface area contributed by atoms with Gasteiger partial charge in [0.1, 0.15) is 0 Å². The van der Waals surface area contributed by atoms with Gasteiger partial charge in [-0.2, -0.15) is 0 Å². The van der Waals surface area contributed by atoms with E-state index in [-0.39, 0.29) is 11.9 Å². The van der Waals surface area contributed by atoms with Gasteiger partial charge in [-0.15, -0.1) is 11.3 Å². The molecule has 106 valence electrons. The van der Waals surface area contributed by atoms with E-state index in [1.165, 1.54) is 4.88 Å². The minimum absolute atomic E-state index is 0.161. The summed E-state index contributed by atoms with van der Waals surface area (Å²) in [6.45, 7) is 5.74. The fourth-order valence-corrected chi connectivity index (χ4v) is 3.50. The van der Waals surface area contributed by atoms with Gasteiger partial charge >= 0.3 is 0 Å². The highest BCUT2D eigenvalue weighted by atomic mass is 32.1. The summed E-state index contributed by atoms with van der Waals surface area (Å²) >= 11 is 1.64. The number of amides is 1. The van der Waals surface area contributed by atoms with Crippen molar-refractivity contribution in [2.45, 2.75) is 45.6 Å². The Hall–Kier alpha value is -0.940. The largest absolute Gasteiger partial charge is 0.341 e. The molecule has 4 nitrogen and oxygen atoms in total. The Bertz CT molecular complexity index is 432. The van der Waals surface area contributed by atoms with Crippen LogP contribution in [0.3, 0.4) is 0 Å². The molecule has 0 unspecified atom stereocenters. The molecule has 0 spiro atoms. The zero-order valence-corrected chi connectivity index (χ0v) is 12.6. The second-order valence-corrected chi connectivity index (χ2v) is 6.31. The molecule has 1 fully saturated rings. The van der Waals surface area contributed by atoms with Crippen molar-refractivity contribution in [3.8, 4) is 0 Å². The second-order valence-electron chi connectivity index (χ2n) is 5.37. The van der Waals surface area contributed by atoms with Gasteiger partial charge < -0.3 is 10.6 Å². The SMILES string of the molecule is CCC[C@@H]1CN(C(=O)CCc2scnc2C)C[C@H]1N. The van der Waals surface area contributed by atoms with Crippen molar-refractivity contribution >= 4 is 17.2 Å². The van der Waals surface area contributed by atoms with Crippen molar-refractivity contribution in [1.29, 1.82) is 0 Å². The Labute approximate surface area is 119 Å². The average Bonchev–Trinajstić information content (AvgIpc) is 2.94.